The molecule has 2 aromatic rings. The fourth-order valence-corrected chi connectivity index (χ4v) is 1.71. The predicted molar refractivity (Wildman–Crippen MR) is 62.7 cm³/mol. The zero-order chi connectivity index (χ0) is 14.0. The van der Waals surface area contributed by atoms with E-state index in [1.807, 2.05) is 0 Å². The third kappa shape index (κ3) is 3.21. The van der Waals surface area contributed by atoms with E-state index >= 15 is 0 Å². The van der Waals surface area contributed by atoms with Crippen molar-refractivity contribution >= 4 is 5.78 Å². The molecule has 0 aliphatic heterocycles. The number of halogens is 3. The van der Waals surface area contributed by atoms with Gasteiger partial charge in [0.1, 0.15) is 0 Å². The number of hydrogen-bond donors (Lipinski definition) is 0. The standard InChI is InChI=1S/C13H11F3N2O/c1-18-8-10(7-17-18)12(19)6-9-3-2-4-11(5-9)13(14,15)16/h2-5,7-8H,6H2,1H3. The van der Waals surface area contributed by atoms with Crippen LogP contribution in [0, 0.1) is 0 Å². The summed E-state index contributed by atoms with van der Waals surface area (Å²) < 4.78 is 39.1. The van der Waals surface area contributed by atoms with Gasteiger partial charge in [0.05, 0.1) is 17.3 Å². The molecule has 0 unspecified atom stereocenters. The van der Waals surface area contributed by atoms with Crippen molar-refractivity contribution in [1.29, 1.82) is 0 Å². The van der Waals surface area contributed by atoms with Crippen molar-refractivity contribution < 1.29 is 18.0 Å². The summed E-state index contributed by atoms with van der Waals surface area (Å²) in [4.78, 5) is 11.9. The first kappa shape index (κ1) is 13.3. The Hall–Kier alpha value is -2.11. The van der Waals surface area contributed by atoms with Gasteiger partial charge in [0.2, 0.25) is 0 Å². The molecule has 0 atom stereocenters. The molecule has 0 amide bonds. The molecule has 2 rings (SSSR count). The highest BCUT2D eigenvalue weighted by Crippen LogP contribution is 2.29. The fraction of sp³-hybridized carbons (Fsp3) is 0.231. The van der Waals surface area contributed by atoms with Crippen molar-refractivity contribution in [2.75, 3.05) is 0 Å². The second-order valence-electron chi connectivity index (χ2n) is 4.20. The monoisotopic (exact) mass is 268 g/mol. The summed E-state index contributed by atoms with van der Waals surface area (Å²) in [6.45, 7) is 0. The summed E-state index contributed by atoms with van der Waals surface area (Å²) >= 11 is 0. The molecule has 0 aliphatic carbocycles. The van der Waals surface area contributed by atoms with Gasteiger partial charge in [-0.25, -0.2) is 0 Å². The molecule has 0 aliphatic rings. The molecule has 0 N–H and O–H groups in total. The van der Waals surface area contributed by atoms with E-state index in [1.54, 1.807) is 7.05 Å². The van der Waals surface area contributed by atoms with Crippen LogP contribution in [0.15, 0.2) is 36.7 Å². The Kier molecular flexibility index (Phi) is 3.42. The molecule has 0 saturated heterocycles. The predicted octanol–water partition coefficient (Wildman–Crippen LogP) is 2.86. The average Bonchev–Trinajstić information content (AvgIpc) is 2.75. The SMILES string of the molecule is Cn1cc(C(=O)Cc2cccc(C(F)(F)F)c2)cn1. The van der Waals surface area contributed by atoms with Gasteiger partial charge in [-0.2, -0.15) is 18.3 Å². The van der Waals surface area contributed by atoms with Gasteiger partial charge < -0.3 is 0 Å². The van der Waals surface area contributed by atoms with E-state index in [9.17, 15) is 18.0 Å². The first-order valence-corrected chi connectivity index (χ1v) is 5.54. The van der Waals surface area contributed by atoms with Crippen molar-refractivity contribution in [3.05, 3.63) is 53.3 Å². The van der Waals surface area contributed by atoms with E-state index < -0.39 is 11.7 Å². The van der Waals surface area contributed by atoms with E-state index in [1.165, 1.54) is 29.2 Å². The lowest BCUT2D eigenvalue weighted by Crippen LogP contribution is -2.07. The van der Waals surface area contributed by atoms with Gasteiger partial charge in [-0.3, -0.25) is 9.48 Å². The molecule has 1 aromatic heterocycles. The van der Waals surface area contributed by atoms with Crippen LogP contribution in [0.1, 0.15) is 21.5 Å². The summed E-state index contributed by atoms with van der Waals surface area (Å²) in [6.07, 6.45) is -1.53. The van der Waals surface area contributed by atoms with Crippen molar-refractivity contribution in [3.8, 4) is 0 Å². The molecule has 6 heteroatoms. The summed E-state index contributed by atoms with van der Waals surface area (Å²) in [6, 6.07) is 4.78. The quantitative estimate of drug-likeness (QED) is 0.802. The molecule has 0 fully saturated rings. The Bertz CT molecular complexity index is 602. The van der Waals surface area contributed by atoms with E-state index in [2.05, 4.69) is 5.10 Å². The summed E-state index contributed by atoms with van der Waals surface area (Å²) in [7, 11) is 1.67. The highest BCUT2D eigenvalue weighted by Gasteiger charge is 2.30. The smallest absolute Gasteiger partial charge is 0.294 e. The molecule has 1 heterocycles. The van der Waals surface area contributed by atoms with Crippen LogP contribution in [0.4, 0.5) is 13.2 Å². The van der Waals surface area contributed by atoms with E-state index in [-0.39, 0.29) is 12.2 Å². The highest BCUT2D eigenvalue weighted by atomic mass is 19.4. The van der Waals surface area contributed by atoms with Crippen LogP contribution in [0.2, 0.25) is 0 Å². The van der Waals surface area contributed by atoms with Gasteiger partial charge in [0, 0.05) is 19.7 Å². The Morgan fingerprint density at radius 2 is 2.11 bits per heavy atom. The van der Waals surface area contributed by atoms with Gasteiger partial charge in [0.15, 0.2) is 5.78 Å². The number of Topliss-reactive ketones (excluding diaryl/α,β-unsaturated/α-hetero) is 1. The Morgan fingerprint density at radius 3 is 2.68 bits per heavy atom. The van der Waals surface area contributed by atoms with Crippen molar-refractivity contribution in [2.24, 2.45) is 7.05 Å². The number of aromatic nitrogens is 2. The van der Waals surface area contributed by atoms with Crippen LogP contribution in [0.25, 0.3) is 0 Å². The minimum Gasteiger partial charge on any atom is -0.294 e. The van der Waals surface area contributed by atoms with Gasteiger partial charge in [-0.1, -0.05) is 18.2 Å². The van der Waals surface area contributed by atoms with Gasteiger partial charge in [-0.05, 0) is 11.6 Å². The molecule has 0 spiro atoms. The number of hydrogen-bond acceptors (Lipinski definition) is 2. The van der Waals surface area contributed by atoms with Crippen molar-refractivity contribution in [2.45, 2.75) is 12.6 Å². The molecule has 0 bridgehead atoms. The molecule has 0 saturated carbocycles. The lowest BCUT2D eigenvalue weighted by Gasteiger charge is -2.08. The summed E-state index contributed by atoms with van der Waals surface area (Å²) in [5.74, 6) is -0.257. The second-order valence-corrected chi connectivity index (χ2v) is 4.20. The third-order valence-corrected chi connectivity index (χ3v) is 2.65. The van der Waals surface area contributed by atoms with Crippen LogP contribution < -0.4 is 0 Å². The largest absolute Gasteiger partial charge is 0.416 e. The van der Waals surface area contributed by atoms with E-state index in [0.29, 0.717) is 11.1 Å². The van der Waals surface area contributed by atoms with Crippen LogP contribution >= 0.6 is 0 Å². The number of carbonyl (C=O) groups excluding carboxylic acids is 1. The zero-order valence-corrected chi connectivity index (χ0v) is 10.1. The Balaban J connectivity index is 2.18. The maximum absolute atomic E-state index is 12.5. The Labute approximate surface area is 107 Å². The molecular formula is C13H11F3N2O. The molecule has 0 radical (unpaired) electrons. The van der Waals surface area contributed by atoms with Gasteiger partial charge >= 0.3 is 6.18 Å². The maximum Gasteiger partial charge on any atom is 0.416 e. The molecule has 1 aromatic carbocycles. The minimum atomic E-state index is -4.40. The number of alkyl halides is 3. The lowest BCUT2D eigenvalue weighted by molar-refractivity contribution is -0.137. The summed E-state index contributed by atoms with van der Waals surface area (Å²) in [5.41, 5.74) is -0.0208. The first-order valence-electron chi connectivity index (χ1n) is 5.54. The minimum absolute atomic E-state index is 0.0738. The van der Waals surface area contributed by atoms with Crippen LogP contribution in [0.5, 0.6) is 0 Å². The van der Waals surface area contributed by atoms with E-state index in [0.717, 1.165) is 12.1 Å². The average molecular weight is 268 g/mol. The number of aryl methyl sites for hydroxylation is 1. The number of ketones is 1. The van der Waals surface area contributed by atoms with Crippen LogP contribution in [-0.2, 0) is 19.6 Å². The number of nitrogens with zero attached hydrogens (tertiary/aromatic N) is 2. The number of carbonyl (C=O) groups is 1. The maximum atomic E-state index is 12.5. The van der Waals surface area contributed by atoms with Gasteiger partial charge in [-0.15, -0.1) is 0 Å². The molecule has 100 valence electrons. The molecular weight excluding hydrogens is 257 g/mol. The van der Waals surface area contributed by atoms with Crippen LogP contribution in [-0.4, -0.2) is 15.6 Å². The third-order valence-electron chi connectivity index (χ3n) is 2.65. The fourth-order valence-electron chi connectivity index (χ4n) is 1.71. The normalized spacial score (nSPS) is 11.6. The number of benzene rings is 1. The molecule has 19 heavy (non-hydrogen) atoms. The van der Waals surface area contributed by atoms with Crippen molar-refractivity contribution in [3.63, 3.8) is 0 Å². The topological polar surface area (TPSA) is 34.9 Å². The second kappa shape index (κ2) is 4.87. The molecule has 3 nitrogen and oxygen atoms in total. The highest BCUT2D eigenvalue weighted by molar-refractivity contribution is 5.97. The zero-order valence-electron chi connectivity index (χ0n) is 10.1. The van der Waals surface area contributed by atoms with Gasteiger partial charge in [0.25, 0.3) is 0 Å². The van der Waals surface area contributed by atoms with Crippen LogP contribution in [0.3, 0.4) is 0 Å². The number of rotatable bonds is 3. The van der Waals surface area contributed by atoms with E-state index in [4.69, 9.17) is 0 Å². The van der Waals surface area contributed by atoms with Crippen molar-refractivity contribution in [1.82, 2.24) is 9.78 Å². The first-order chi connectivity index (χ1) is 8.86. The lowest BCUT2D eigenvalue weighted by atomic mass is 10.0. The Morgan fingerprint density at radius 1 is 1.37 bits per heavy atom. The summed E-state index contributed by atoms with van der Waals surface area (Å²) in [5, 5.41) is 3.85.